The first-order valence-electron chi connectivity index (χ1n) is 8.76. The summed E-state index contributed by atoms with van der Waals surface area (Å²) in [6, 6.07) is 12.6. The number of rotatable bonds is 4. The third-order valence-corrected chi connectivity index (χ3v) is 4.94. The second-order valence-electron chi connectivity index (χ2n) is 6.75. The molecule has 0 spiro atoms. The lowest BCUT2D eigenvalue weighted by molar-refractivity contribution is 0.0689. The van der Waals surface area contributed by atoms with Crippen molar-refractivity contribution in [2.24, 2.45) is 0 Å². The van der Waals surface area contributed by atoms with Crippen LogP contribution in [0.1, 0.15) is 32.9 Å². The Kier molecular flexibility index (Phi) is 5.76. The number of fused-ring (bicyclic) bond motifs is 1. The zero-order chi connectivity index (χ0) is 19.0. The summed E-state index contributed by atoms with van der Waals surface area (Å²) in [5.74, 6) is -1.30. The summed E-state index contributed by atoms with van der Waals surface area (Å²) in [4.78, 5) is 13.5. The third-order valence-electron chi connectivity index (χ3n) is 4.94. The Balaban J connectivity index is 0.00000225. The maximum Gasteiger partial charge on any atom is 0.358 e. The molecule has 1 aliphatic heterocycles. The van der Waals surface area contributed by atoms with Crippen LogP contribution >= 0.6 is 12.4 Å². The molecule has 6 nitrogen and oxygen atoms in total. The van der Waals surface area contributed by atoms with Crippen LogP contribution in [0.25, 0.3) is 5.69 Å². The average molecular weight is 403 g/mol. The van der Waals surface area contributed by atoms with Crippen molar-refractivity contribution in [3.8, 4) is 5.69 Å². The maximum atomic E-state index is 13.4. The van der Waals surface area contributed by atoms with Crippen LogP contribution < -0.4 is 0 Å². The zero-order valence-electron chi connectivity index (χ0n) is 15.3. The van der Waals surface area contributed by atoms with Gasteiger partial charge < -0.3 is 5.11 Å². The van der Waals surface area contributed by atoms with E-state index in [4.69, 9.17) is 0 Å². The normalized spacial score (nSPS) is 13.6. The fraction of sp³-hybridized carbons (Fsp3) is 0.250. The molecule has 1 aromatic heterocycles. The van der Waals surface area contributed by atoms with E-state index in [9.17, 15) is 14.3 Å². The van der Waals surface area contributed by atoms with Crippen molar-refractivity contribution in [1.82, 2.24) is 19.9 Å². The SMILES string of the molecule is Cc1c(C(=O)O)nnn1-c1cccc2c1CCN(Cc1cccc(F)c1)C2.Cl. The number of aromatic carboxylic acids is 1. The van der Waals surface area contributed by atoms with Crippen LogP contribution in [-0.2, 0) is 19.5 Å². The van der Waals surface area contributed by atoms with Crippen LogP contribution in [0.2, 0.25) is 0 Å². The molecule has 1 N–H and O–H groups in total. The molecule has 0 aliphatic carbocycles. The summed E-state index contributed by atoms with van der Waals surface area (Å²) in [5.41, 5.74) is 4.62. The van der Waals surface area contributed by atoms with Gasteiger partial charge >= 0.3 is 5.97 Å². The summed E-state index contributed by atoms with van der Waals surface area (Å²) in [6.45, 7) is 3.98. The van der Waals surface area contributed by atoms with Gasteiger partial charge in [-0.15, -0.1) is 17.5 Å². The van der Waals surface area contributed by atoms with Crippen LogP contribution in [0.3, 0.4) is 0 Å². The highest BCUT2D eigenvalue weighted by Crippen LogP contribution is 2.27. The van der Waals surface area contributed by atoms with Crippen LogP contribution in [-0.4, -0.2) is 37.5 Å². The van der Waals surface area contributed by atoms with Crippen molar-refractivity contribution in [3.63, 3.8) is 0 Å². The van der Waals surface area contributed by atoms with Gasteiger partial charge in [-0.05, 0) is 48.2 Å². The average Bonchev–Trinajstić information content (AvgIpc) is 3.02. The van der Waals surface area contributed by atoms with Gasteiger partial charge in [-0.25, -0.2) is 13.9 Å². The van der Waals surface area contributed by atoms with Gasteiger partial charge in [-0.3, -0.25) is 4.90 Å². The second-order valence-corrected chi connectivity index (χ2v) is 6.75. The Morgan fingerprint density at radius 1 is 1.25 bits per heavy atom. The minimum Gasteiger partial charge on any atom is -0.476 e. The topological polar surface area (TPSA) is 71.2 Å². The van der Waals surface area contributed by atoms with Crippen molar-refractivity contribution in [2.75, 3.05) is 6.54 Å². The fourth-order valence-corrected chi connectivity index (χ4v) is 3.63. The quantitative estimate of drug-likeness (QED) is 0.724. The van der Waals surface area contributed by atoms with E-state index in [1.165, 1.54) is 11.6 Å². The second kappa shape index (κ2) is 8.08. The van der Waals surface area contributed by atoms with Crippen LogP contribution in [0.15, 0.2) is 42.5 Å². The minimum atomic E-state index is -1.08. The third kappa shape index (κ3) is 3.76. The summed E-state index contributed by atoms with van der Waals surface area (Å²) >= 11 is 0. The predicted molar refractivity (Wildman–Crippen MR) is 105 cm³/mol. The number of aromatic nitrogens is 3. The van der Waals surface area contributed by atoms with E-state index < -0.39 is 5.97 Å². The van der Waals surface area contributed by atoms with Gasteiger partial charge in [0.15, 0.2) is 5.69 Å². The van der Waals surface area contributed by atoms with E-state index in [1.807, 2.05) is 18.2 Å². The molecule has 146 valence electrons. The van der Waals surface area contributed by atoms with E-state index in [0.29, 0.717) is 12.2 Å². The lowest BCUT2D eigenvalue weighted by Gasteiger charge is -2.30. The van der Waals surface area contributed by atoms with Crippen molar-refractivity contribution in [2.45, 2.75) is 26.4 Å². The van der Waals surface area contributed by atoms with Crippen LogP contribution in [0.5, 0.6) is 0 Å². The fourth-order valence-electron chi connectivity index (χ4n) is 3.63. The van der Waals surface area contributed by atoms with Gasteiger partial charge in [0.2, 0.25) is 0 Å². The number of hydrogen-bond donors (Lipinski definition) is 1. The van der Waals surface area contributed by atoms with E-state index in [-0.39, 0.29) is 23.9 Å². The zero-order valence-corrected chi connectivity index (χ0v) is 16.1. The Morgan fingerprint density at radius 2 is 2.04 bits per heavy atom. The summed E-state index contributed by atoms with van der Waals surface area (Å²) in [5, 5.41) is 17.0. The van der Waals surface area contributed by atoms with E-state index in [1.54, 1.807) is 23.7 Å². The Labute approximate surface area is 168 Å². The Hall–Kier alpha value is -2.77. The molecule has 28 heavy (non-hydrogen) atoms. The lowest BCUT2D eigenvalue weighted by atomic mass is 9.97. The molecule has 0 saturated carbocycles. The van der Waals surface area contributed by atoms with Crippen molar-refractivity contribution < 1.29 is 14.3 Å². The largest absolute Gasteiger partial charge is 0.476 e. The molecular weight excluding hydrogens is 383 g/mol. The lowest BCUT2D eigenvalue weighted by Crippen LogP contribution is -2.31. The van der Waals surface area contributed by atoms with Gasteiger partial charge in [-0.1, -0.05) is 29.5 Å². The molecular formula is C20H20ClFN4O2. The monoisotopic (exact) mass is 402 g/mol. The van der Waals surface area contributed by atoms with Crippen molar-refractivity contribution in [3.05, 3.63) is 76.4 Å². The highest BCUT2D eigenvalue weighted by molar-refractivity contribution is 5.86. The molecule has 4 rings (SSSR count). The van der Waals surface area contributed by atoms with Gasteiger partial charge in [0.25, 0.3) is 0 Å². The Bertz CT molecular complexity index is 1020. The van der Waals surface area contributed by atoms with Crippen molar-refractivity contribution in [1.29, 1.82) is 0 Å². The number of nitrogens with zero attached hydrogens (tertiary/aromatic N) is 4. The molecule has 0 saturated heterocycles. The molecule has 2 aromatic carbocycles. The van der Waals surface area contributed by atoms with E-state index in [0.717, 1.165) is 36.3 Å². The summed E-state index contributed by atoms with van der Waals surface area (Å²) < 4.78 is 15.0. The summed E-state index contributed by atoms with van der Waals surface area (Å²) in [7, 11) is 0. The van der Waals surface area contributed by atoms with E-state index >= 15 is 0 Å². The highest BCUT2D eigenvalue weighted by Gasteiger charge is 2.23. The van der Waals surface area contributed by atoms with E-state index in [2.05, 4.69) is 21.3 Å². The summed E-state index contributed by atoms with van der Waals surface area (Å²) in [6.07, 6.45) is 0.808. The molecule has 0 bridgehead atoms. The highest BCUT2D eigenvalue weighted by atomic mass is 35.5. The number of benzene rings is 2. The molecule has 0 atom stereocenters. The number of carbonyl (C=O) groups is 1. The first kappa shape index (κ1) is 20.0. The predicted octanol–water partition coefficient (Wildman–Crippen LogP) is 3.39. The van der Waals surface area contributed by atoms with Gasteiger partial charge in [0.05, 0.1) is 11.4 Å². The first-order valence-corrected chi connectivity index (χ1v) is 8.76. The first-order chi connectivity index (χ1) is 13.0. The number of carboxylic acids is 1. The molecule has 1 aliphatic rings. The number of carboxylic acid groups (broad SMARTS) is 1. The van der Waals surface area contributed by atoms with Gasteiger partial charge in [-0.2, -0.15) is 0 Å². The van der Waals surface area contributed by atoms with Crippen LogP contribution in [0, 0.1) is 12.7 Å². The molecule has 0 radical (unpaired) electrons. The molecule has 3 aromatic rings. The maximum absolute atomic E-state index is 13.4. The van der Waals surface area contributed by atoms with Crippen LogP contribution in [0.4, 0.5) is 4.39 Å². The number of hydrogen-bond acceptors (Lipinski definition) is 4. The molecule has 0 fully saturated rings. The molecule has 2 heterocycles. The van der Waals surface area contributed by atoms with Crippen molar-refractivity contribution >= 4 is 18.4 Å². The van der Waals surface area contributed by atoms with Gasteiger partial charge in [0.1, 0.15) is 5.82 Å². The molecule has 8 heteroatoms. The molecule has 0 unspecified atom stereocenters. The Morgan fingerprint density at radius 3 is 2.75 bits per heavy atom. The smallest absolute Gasteiger partial charge is 0.358 e. The minimum absolute atomic E-state index is 0. The molecule has 0 amide bonds. The number of halogens is 2. The standard InChI is InChI=1S/C20H19FN4O2.ClH/c1-13-19(20(26)27)22-23-25(13)18-7-3-5-15-12-24(9-8-17(15)18)11-14-4-2-6-16(21)10-14;/h2-7,10H,8-9,11-12H2,1H3,(H,26,27);1H. The van der Waals surface area contributed by atoms with Gasteiger partial charge in [0, 0.05) is 19.6 Å².